The topological polar surface area (TPSA) is 26.3 Å². The molecule has 0 amide bonds. The second kappa shape index (κ2) is 4.39. The minimum atomic E-state index is -0.0486. The van der Waals surface area contributed by atoms with Gasteiger partial charge >= 0.3 is 0 Å². The van der Waals surface area contributed by atoms with Gasteiger partial charge in [0.15, 0.2) is 5.78 Å². The lowest BCUT2D eigenvalue weighted by atomic mass is 10.4. The van der Waals surface area contributed by atoms with Gasteiger partial charge in [-0.3, -0.25) is 4.79 Å². The SMILES string of the molecule is CO/C(=C/C(C)=O)CCl. The summed E-state index contributed by atoms with van der Waals surface area (Å²) in [6.45, 7) is 1.45. The number of allylic oxidation sites excluding steroid dienone is 2. The smallest absolute Gasteiger partial charge is 0.155 e. The Labute approximate surface area is 59.5 Å². The van der Waals surface area contributed by atoms with Crippen molar-refractivity contribution in [2.24, 2.45) is 0 Å². The van der Waals surface area contributed by atoms with Crippen LogP contribution in [0.5, 0.6) is 0 Å². The van der Waals surface area contributed by atoms with E-state index >= 15 is 0 Å². The third-order valence-electron chi connectivity index (χ3n) is 0.758. The summed E-state index contributed by atoms with van der Waals surface area (Å²) in [6.07, 6.45) is 1.37. The van der Waals surface area contributed by atoms with Crippen LogP contribution in [0.1, 0.15) is 6.92 Å². The van der Waals surface area contributed by atoms with Crippen molar-refractivity contribution < 1.29 is 9.53 Å². The molecule has 0 aromatic carbocycles. The molecule has 0 saturated carbocycles. The lowest BCUT2D eigenvalue weighted by Gasteiger charge is -1.97. The summed E-state index contributed by atoms with van der Waals surface area (Å²) < 4.78 is 4.72. The molecule has 0 heterocycles. The normalized spacial score (nSPS) is 11.2. The summed E-state index contributed by atoms with van der Waals surface area (Å²) in [6, 6.07) is 0. The highest BCUT2D eigenvalue weighted by Gasteiger charge is 1.93. The van der Waals surface area contributed by atoms with Gasteiger partial charge < -0.3 is 4.74 Å². The van der Waals surface area contributed by atoms with Gasteiger partial charge in [-0.1, -0.05) is 0 Å². The molecule has 2 nitrogen and oxygen atoms in total. The Hall–Kier alpha value is -0.500. The molecule has 0 spiro atoms. The molecule has 0 aliphatic carbocycles. The van der Waals surface area contributed by atoms with E-state index in [1.807, 2.05) is 0 Å². The Morgan fingerprint density at radius 2 is 2.33 bits per heavy atom. The average Bonchev–Trinajstić information content (AvgIpc) is 1.82. The maximum Gasteiger partial charge on any atom is 0.155 e. The van der Waals surface area contributed by atoms with Crippen LogP contribution in [0.4, 0.5) is 0 Å². The molecule has 0 atom stereocenters. The summed E-state index contributed by atoms with van der Waals surface area (Å²) in [5.74, 6) is 0.701. The molecule has 9 heavy (non-hydrogen) atoms. The zero-order chi connectivity index (χ0) is 7.28. The molecular weight excluding hydrogens is 140 g/mol. The molecule has 52 valence electrons. The molecule has 0 radical (unpaired) electrons. The van der Waals surface area contributed by atoms with Crippen molar-refractivity contribution in [2.75, 3.05) is 13.0 Å². The van der Waals surface area contributed by atoms with Crippen LogP contribution in [0, 0.1) is 0 Å². The van der Waals surface area contributed by atoms with E-state index in [1.54, 1.807) is 0 Å². The zero-order valence-electron chi connectivity index (χ0n) is 5.48. The van der Waals surface area contributed by atoms with Crippen molar-refractivity contribution in [3.8, 4) is 0 Å². The van der Waals surface area contributed by atoms with E-state index in [2.05, 4.69) is 0 Å². The highest BCUT2D eigenvalue weighted by Crippen LogP contribution is 1.97. The second-order valence-corrected chi connectivity index (χ2v) is 1.83. The van der Waals surface area contributed by atoms with Crippen molar-refractivity contribution in [1.29, 1.82) is 0 Å². The molecule has 0 N–H and O–H groups in total. The van der Waals surface area contributed by atoms with E-state index in [4.69, 9.17) is 16.3 Å². The number of carbonyl (C=O) groups excluding carboxylic acids is 1. The van der Waals surface area contributed by atoms with Gasteiger partial charge in [-0.25, -0.2) is 0 Å². The van der Waals surface area contributed by atoms with Gasteiger partial charge in [-0.2, -0.15) is 0 Å². The molecule has 0 aromatic heterocycles. The van der Waals surface area contributed by atoms with Crippen LogP contribution in [-0.2, 0) is 9.53 Å². The largest absolute Gasteiger partial charge is 0.500 e. The van der Waals surface area contributed by atoms with Gasteiger partial charge in [0.1, 0.15) is 5.76 Å². The van der Waals surface area contributed by atoms with Gasteiger partial charge in [-0.05, 0) is 6.92 Å². The summed E-state index contributed by atoms with van der Waals surface area (Å²) in [7, 11) is 1.48. The minimum Gasteiger partial charge on any atom is -0.500 e. The van der Waals surface area contributed by atoms with Crippen molar-refractivity contribution in [3.63, 3.8) is 0 Å². The number of hydrogen-bond acceptors (Lipinski definition) is 2. The monoisotopic (exact) mass is 148 g/mol. The Kier molecular flexibility index (Phi) is 4.14. The van der Waals surface area contributed by atoms with Crippen molar-refractivity contribution in [1.82, 2.24) is 0 Å². The van der Waals surface area contributed by atoms with Gasteiger partial charge in [0, 0.05) is 6.08 Å². The van der Waals surface area contributed by atoms with E-state index in [1.165, 1.54) is 20.1 Å². The Morgan fingerprint density at radius 1 is 1.78 bits per heavy atom. The lowest BCUT2D eigenvalue weighted by Crippen LogP contribution is -1.92. The molecule has 0 bridgehead atoms. The number of ketones is 1. The number of alkyl halides is 1. The number of ether oxygens (including phenoxy) is 1. The first kappa shape index (κ1) is 8.50. The van der Waals surface area contributed by atoms with Crippen LogP contribution >= 0.6 is 11.6 Å². The van der Waals surface area contributed by atoms with Crippen molar-refractivity contribution >= 4 is 17.4 Å². The molecule has 0 aliphatic heterocycles. The van der Waals surface area contributed by atoms with Crippen LogP contribution < -0.4 is 0 Å². The molecule has 0 fully saturated rings. The zero-order valence-corrected chi connectivity index (χ0v) is 6.23. The fourth-order valence-corrected chi connectivity index (χ4v) is 0.565. The lowest BCUT2D eigenvalue weighted by molar-refractivity contribution is -0.112. The summed E-state index contributed by atoms with van der Waals surface area (Å²) in [4.78, 5) is 10.4. The number of hydrogen-bond donors (Lipinski definition) is 0. The maximum atomic E-state index is 10.4. The Morgan fingerprint density at radius 3 is 2.44 bits per heavy atom. The fraction of sp³-hybridized carbons (Fsp3) is 0.500. The van der Waals surface area contributed by atoms with Gasteiger partial charge in [-0.15, -0.1) is 11.6 Å². The van der Waals surface area contributed by atoms with Crippen LogP contribution in [0.3, 0.4) is 0 Å². The first-order chi connectivity index (χ1) is 4.20. The van der Waals surface area contributed by atoms with Gasteiger partial charge in [0.2, 0.25) is 0 Å². The fourth-order valence-electron chi connectivity index (χ4n) is 0.379. The molecule has 0 aromatic rings. The molecule has 0 rings (SSSR count). The average molecular weight is 149 g/mol. The highest BCUT2D eigenvalue weighted by atomic mass is 35.5. The standard InChI is InChI=1S/C6H9ClO2/c1-5(8)3-6(4-7)9-2/h3H,4H2,1-2H3/b6-3+. The quantitative estimate of drug-likeness (QED) is 0.343. The third kappa shape index (κ3) is 4.03. The van der Waals surface area contributed by atoms with E-state index in [9.17, 15) is 4.79 Å². The van der Waals surface area contributed by atoms with Gasteiger partial charge in [0.25, 0.3) is 0 Å². The molecule has 0 aliphatic rings. The molecule has 0 saturated heterocycles. The predicted octanol–water partition coefficient (Wildman–Crippen LogP) is 1.34. The number of carbonyl (C=O) groups is 1. The summed E-state index contributed by atoms with van der Waals surface area (Å²) in [5.41, 5.74) is 0. The minimum absolute atomic E-state index is 0.0486. The Bertz CT molecular complexity index is 123. The van der Waals surface area contributed by atoms with E-state index in [0.717, 1.165) is 0 Å². The van der Waals surface area contributed by atoms with Crippen LogP contribution in [-0.4, -0.2) is 18.8 Å². The number of halogens is 1. The number of methoxy groups -OCH3 is 1. The predicted molar refractivity (Wildman–Crippen MR) is 36.5 cm³/mol. The van der Waals surface area contributed by atoms with E-state index in [-0.39, 0.29) is 11.7 Å². The van der Waals surface area contributed by atoms with Gasteiger partial charge in [0.05, 0.1) is 13.0 Å². The second-order valence-electron chi connectivity index (χ2n) is 1.56. The molecule has 0 unspecified atom stereocenters. The van der Waals surface area contributed by atoms with E-state index < -0.39 is 0 Å². The maximum absolute atomic E-state index is 10.4. The summed E-state index contributed by atoms with van der Waals surface area (Å²) >= 11 is 5.37. The van der Waals surface area contributed by atoms with Crippen LogP contribution in [0.15, 0.2) is 11.8 Å². The molecular formula is C6H9ClO2. The van der Waals surface area contributed by atoms with Crippen LogP contribution in [0.25, 0.3) is 0 Å². The third-order valence-corrected chi connectivity index (χ3v) is 1.02. The molecule has 3 heteroatoms. The first-order valence-electron chi connectivity index (χ1n) is 2.51. The number of rotatable bonds is 3. The van der Waals surface area contributed by atoms with Crippen LogP contribution in [0.2, 0.25) is 0 Å². The van der Waals surface area contributed by atoms with Crippen molar-refractivity contribution in [2.45, 2.75) is 6.92 Å². The first-order valence-corrected chi connectivity index (χ1v) is 3.05. The highest BCUT2D eigenvalue weighted by molar-refractivity contribution is 6.19. The van der Waals surface area contributed by atoms with E-state index in [0.29, 0.717) is 5.76 Å². The summed E-state index contributed by atoms with van der Waals surface area (Å²) in [5, 5.41) is 0. The Balaban J connectivity index is 3.91. The van der Waals surface area contributed by atoms with Crippen molar-refractivity contribution in [3.05, 3.63) is 11.8 Å².